The van der Waals surface area contributed by atoms with Gasteiger partial charge in [-0.15, -0.1) is 0 Å². The van der Waals surface area contributed by atoms with E-state index in [4.69, 9.17) is 0 Å². The maximum Gasteiger partial charge on any atom is 0.232 e. The van der Waals surface area contributed by atoms with Crippen LogP contribution < -0.4 is 9.62 Å². The van der Waals surface area contributed by atoms with Crippen LogP contribution in [-0.2, 0) is 14.8 Å². The molecular formula is C17H26F2N2O3S2. The van der Waals surface area contributed by atoms with Gasteiger partial charge >= 0.3 is 0 Å². The lowest BCUT2D eigenvalue weighted by atomic mass is 10.2. The summed E-state index contributed by atoms with van der Waals surface area (Å²) in [5.41, 5.74) is 0.0355. The quantitative estimate of drug-likeness (QED) is 0.638. The summed E-state index contributed by atoms with van der Waals surface area (Å²) in [7, 11) is -3.67. The maximum atomic E-state index is 13.4. The van der Waals surface area contributed by atoms with E-state index in [9.17, 15) is 22.0 Å². The number of amides is 1. The number of nitrogens with one attached hydrogen (secondary N) is 1. The molecular weight excluding hydrogens is 382 g/mol. The van der Waals surface area contributed by atoms with Crippen molar-refractivity contribution in [1.82, 2.24) is 5.32 Å². The van der Waals surface area contributed by atoms with Crippen molar-refractivity contribution in [3.05, 3.63) is 29.8 Å². The molecule has 1 amide bonds. The van der Waals surface area contributed by atoms with Gasteiger partial charge in [0.1, 0.15) is 0 Å². The van der Waals surface area contributed by atoms with E-state index >= 15 is 0 Å². The fourth-order valence-electron chi connectivity index (χ4n) is 2.15. The molecule has 0 saturated heterocycles. The highest BCUT2D eigenvalue weighted by atomic mass is 32.2. The zero-order valence-corrected chi connectivity index (χ0v) is 17.1. The molecule has 0 saturated carbocycles. The topological polar surface area (TPSA) is 66.5 Å². The van der Waals surface area contributed by atoms with Crippen LogP contribution in [-0.4, -0.2) is 44.2 Å². The molecule has 0 bridgehead atoms. The van der Waals surface area contributed by atoms with Crippen LogP contribution in [0, 0.1) is 11.6 Å². The number of anilines is 1. The second-order valence-electron chi connectivity index (χ2n) is 6.85. The van der Waals surface area contributed by atoms with Crippen LogP contribution in [0.3, 0.4) is 0 Å². The molecule has 148 valence electrons. The third-order valence-corrected chi connectivity index (χ3v) is 5.78. The van der Waals surface area contributed by atoms with Gasteiger partial charge in [-0.1, -0.05) is 20.8 Å². The Morgan fingerprint density at radius 3 is 2.42 bits per heavy atom. The van der Waals surface area contributed by atoms with Gasteiger partial charge in [0.15, 0.2) is 11.6 Å². The largest absolute Gasteiger partial charge is 0.355 e. The summed E-state index contributed by atoms with van der Waals surface area (Å²) in [6, 6.07) is 2.91. The Morgan fingerprint density at radius 2 is 1.88 bits per heavy atom. The van der Waals surface area contributed by atoms with Crippen molar-refractivity contribution < 1.29 is 22.0 Å². The van der Waals surface area contributed by atoms with Crippen LogP contribution in [0.15, 0.2) is 18.2 Å². The highest BCUT2D eigenvalue weighted by molar-refractivity contribution is 8.00. The Morgan fingerprint density at radius 1 is 1.23 bits per heavy atom. The third kappa shape index (κ3) is 8.35. The summed E-state index contributed by atoms with van der Waals surface area (Å²) < 4.78 is 51.3. The number of rotatable bonds is 9. The van der Waals surface area contributed by atoms with E-state index in [1.807, 2.05) is 0 Å². The summed E-state index contributed by atoms with van der Waals surface area (Å²) in [6.07, 6.45) is 1.40. The van der Waals surface area contributed by atoms with Crippen molar-refractivity contribution >= 4 is 33.4 Å². The minimum absolute atomic E-state index is 0.00800. The van der Waals surface area contributed by atoms with Crippen LogP contribution >= 0.6 is 11.8 Å². The Hall–Kier alpha value is -1.35. The molecule has 26 heavy (non-hydrogen) atoms. The first-order valence-electron chi connectivity index (χ1n) is 8.23. The molecule has 1 N–H and O–H groups in total. The summed E-state index contributed by atoms with van der Waals surface area (Å²) in [5, 5.41) is 2.79. The zero-order valence-electron chi connectivity index (χ0n) is 15.5. The van der Waals surface area contributed by atoms with E-state index in [0.29, 0.717) is 6.54 Å². The highest BCUT2D eigenvalue weighted by Crippen LogP contribution is 2.22. The molecule has 0 aromatic heterocycles. The normalized spacial score (nSPS) is 12.1. The van der Waals surface area contributed by atoms with Crippen LogP contribution in [0.5, 0.6) is 0 Å². The first-order chi connectivity index (χ1) is 11.9. The first-order valence-corrected chi connectivity index (χ1v) is 11.1. The van der Waals surface area contributed by atoms with E-state index in [0.717, 1.165) is 28.4 Å². The lowest BCUT2D eigenvalue weighted by molar-refractivity contribution is -0.121. The smallest absolute Gasteiger partial charge is 0.232 e. The van der Waals surface area contributed by atoms with E-state index < -0.39 is 21.7 Å². The van der Waals surface area contributed by atoms with Gasteiger partial charge in [-0.25, -0.2) is 17.2 Å². The molecule has 0 aliphatic heterocycles. The second kappa shape index (κ2) is 9.55. The van der Waals surface area contributed by atoms with Gasteiger partial charge in [0.05, 0.1) is 11.9 Å². The maximum absolute atomic E-state index is 13.4. The summed E-state index contributed by atoms with van der Waals surface area (Å²) >= 11 is 1.74. The molecule has 0 fully saturated rings. The van der Waals surface area contributed by atoms with Crippen LogP contribution in [0.1, 0.15) is 33.6 Å². The van der Waals surface area contributed by atoms with E-state index in [1.165, 1.54) is 6.07 Å². The Bertz CT molecular complexity index is 719. The SMILES string of the molecule is CC(C)(C)SCCNC(=O)CCCN(c1ccc(F)c(F)c1)S(C)(=O)=O. The Balaban J connectivity index is 2.53. The van der Waals surface area contributed by atoms with Gasteiger partial charge in [0.2, 0.25) is 15.9 Å². The lowest BCUT2D eigenvalue weighted by Crippen LogP contribution is -2.32. The van der Waals surface area contributed by atoms with Crippen molar-refractivity contribution in [3.63, 3.8) is 0 Å². The number of halogens is 2. The van der Waals surface area contributed by atoms with Gasteiger partial charge < -0.3 is 5.32 Å². The monoisotopic (exact) mass is 408 g/mol. The molecule has 0 atom stereocenters. The van der Waals surface area contributed by atoms with E-state index in [-0.39, 0.29) is 35.7 Å². The standard InChI is InChI=1S/C17H26F2N2O3S2/c1-17(2,3)25-11-9-20-16(22)6-5-10-21(26(4,23)24)13-7-8-14(18)15(19)12-13/h7-8,12H,5-6,9-11H2,1-4H3,(H,20,22). The number of benzene rings is 1. The number of hydrogen-bond donors (Lipinski definition) is 1. The third-order valence-electron chi connectivity index (χ3n) is 3.32. The van der Waals surface area contributed by atoms with Crippen LogP contribution in [0.2, 0.25) is 0 Å². The average Bonchev–Trinajstić information content (AvgIpc) is 2.49. The minimum Gasteiger partial charge on any atom is -0.355 e. The van der Waals surface area contributed by atoms with Crippen molar-refractivity contribution in [2.45, 2.75) is 38.4 Å². The number of carbonyl (C=O) groups is 1. The van der Waals surface area contributed by atoms with Gasteiger partial charge in [-0.3, -0.25) is 9.10 Å². The summed E-state index contributed by atoms with van der Waals surface area (Å²) in [5.74, 6) is -1.54. The van der Waals surface area contributed by atoms with Crippen molar-refractivity contribution in [2.75, 3.05) is 29.4 Å². The van der Waals surface area contributed by atoms with Gasteiger partial charge in [0.25, 0.3) is 0 Å². The number of carbonyl (C=O) groups excluding carboxylic acids is 1. The lowest BCUT2D eigenvalue weighted by Gasteiger charge is -2.22. The highest BCUT2D eigenvalue weighted by Gasteiger charge is 2.19. The predicted octanol–water partition coefficient (Wildman–Crippen LogP) is 3.16. The van der Waals surface area contributed by atoms with Crippen LogP contribution in [0.25, 0.3) is 0 Å². The molecule has 1 aromatic carbocycles. The summed E-state index contributed by atoms with van der Waals surface area (Å²) in [6.45, 7) is 6.83. The molecule has 0 unspecified atom stereocenters. The number of thioether (sulfide) groups is 1. The number of hydrogen-bond acceptors (Lipinski definition) is 4. The minimum atomic E-state index is -3.67. The molecule has 0 spiro atoms. The van der Waals surface area contributed by atoms with Crippen molar-refractivity contribution in [3.8, 4) is 0 Å². The Labute approximate surface area is 158 Å². The molecule has 9 heteroatoms. The predicted molar refractivity (Wildman–Crippen MR) is 103 cm³/mol. The van der Waals surface area contributed by atoms with E-state index in [1.54, 1.807) is 11.8 Å². The Kier molecular flexibility index (Phi) is 8.33. The van der Waals surface area contributed by atoms with Gasteiger partial charge in [-0.05, 0) is 18.6 Å². The van der Waals surface area contributed by atoms with Crippen LogP contribution in [0.4, 0.5) is 14.5 Å². The molecule has 5 nitrogen and oxygen atoms in total. The van der Waals surface area contributed by atoms with Gasteiger partial charge in [-0.2, -0.15) is 11.8 Å². The number of sulfonamides is 1. The second-order valence-corrected chi connectivity index (χ2v) is 10.7. The molecule has 0 radical (unpaired) electrons. The van der Waals surface area contributed by atoms with Crippen molar-refractivity contribution in [1.29, 1.82) is 0 Å². The molecule has 1 rings (SSSR count). The number of nitrogens with zero attached hydrogens (tertiary/aromatic N) is 1. The van der Waals surface area contributed by atoms with Gasteiger partial charge in [0, 0.05) is 36.1 Å². The van der Waals surface area contributed by atoms with E-state index in [2.05, 4.69) is 26.1 Å². The fourth-order valence-corrected chi connectivity index (χ4v) is 3.92. The molecule has 0 aliphatic rings. The molecule has 0 aliphatic carbocycles. The average molecular weight is 409 g/mol. The molecule has 1 aromatic rings. The first kappa shape index (κ1) is 22.7. The fraction of sp³-hybridized carbons (Fsp3) is 0.588. The summed E-state index contributed by atoms with van der Waals surface area (Å²) in [4.78, 5) is 11.8. The zero-order chi connectivity index (χ0) is 20.0. The van der Waals surface area contributed by atoms with Crippen molar-refractivity contribution in [2.24, 2.45) is 0 Å². The molecule has 0 heterocycles.